The Morgan fingerprint density at radius 3 is 2.71 bits per heavy atom. The van der Waals surface area contributed by atoms with Crippen molar-refractivity contribution >= 4 is 5.97 Å². The molecule has 2 nitrogen and oxygen atoms in total. The third kappa shape index (κ3) is 4.64. The fourth-order valence-corrected chi connectivity index (χ4v) is 2.13. The lowest BCUT2D eigenvalue weighted by Crippen LogP contribution is -2.06. The van der Waals surface area contributed by atoms with Crippen molar-refractivity contribution in [2.45, 2.75) is 58.3 Å². The minimum Gasteiger partial charge on any atom is -0.466 e. The topological polar surface area (TPSA) is 26.3 Å². The first-order chi connectivity index (χ1) is 6.83. The molecule has 0 bridgehead atoms. The second-order valence-corrected chi connectivity index (χ2v) is 4.26. The molecule has 0 aromatic rings. The highest BCUT2D eigenvalue weighted by Gasteiger charge is 2.14. The number of carbonyl (C=O) groups is 1. The van der Waals surface area contributed by atoms with E-state index in [0.29, 0.717) is 13.0 Å². The van der Waals surface area contributed by atoms with Crippen molar-refractivity contribution in [2.24, 2.45) is 5.92 Å². The zero-order chi connectivity index (χ0) is 10.2. The van der Waals surface area contributed by atoms with Crippen LogP contribution in [0.15, 0.2) is 0 Å². The van der Waals surface area contributed by atoms with Gasteiger partial charge in [0.1, 0.15) is 0 Å². The molecule has 0 spiro atoms. The number of carbonyl (C=O) groups excluding carboxylic acids is 1. The molecule has 0 atom stereocenters. The van der Waals surface area contributed by atoms with Gasteiger partial charge in [0.2, 0.25) is 0 Å². The van der Waals surface area contributed by atoms with Crippen LogP contribution >= 0.6 is 0 Å². The Hall–Kier alpha value is -0.530. The summed E-state index contributed by atoms with van der Waals surface area (Å²) in [4.78, 5) is 11.0. The van der Waals surface area contributed by atoms with Gasteiger partial charge in [0.15, 0.2) is 0 Å². The first kappa shape index (κ1) is 11.5. The molecule has 0 amide bonds. The van der Waals surface area contributed by atoms with Gasteiger partial charge in [0.05, 0.1) is 6.61 Å². The van der Waals surface area contributed by atoms with Gasteiger partial charge in [-0.1, -0.05) is 32.6 Å². The summed E-state index contributed by atoms with van der Waals surface area (Å²) < 4.78 is 5.10. The average Bonchev–Trinajstić information content (AvgIpc) is 2.65. The molecular formula is C12H22O2. The number of hydrogen-bond donors (Lipinski definition) is 0. The second kappa shape index (κ2) is 6.86. The van der Waals surface area contributed by atoms with Crippen LogP contribution in [0.2, 0.25) is 0 Å². The maximum Gasteiger partial charge on any atom is 0.305 e. The Morgan fingerprint density at radius 1 is 1.36 bits per heavy atom. The van der Waals surface area contributed by atoms with Crippen LogP contribution in [0.1, 0.15) is 58.3 Å². The molecule has 0 radical (unpaired) electrons. The lowest BCUT2D eigenvalue weighted by atomic mass is 10.0. The van der Waals surface area contributed by atoms with E-state index in [4.69, 9.17) is 4.74 Å². The molecule has 2 heteroatoms. The van der Waals surface area contributed by atoms with Crippen LogP contribution in [-0.2, 0) is 9.53 Å². The molecular weight excluding hydrogens is 176 g/mol. The van der Waals surface area contributed by atoms with Crippen LogP contribution in [0.25, 0.3) is 0 Å². The molecule has 0 aromatic carbocycles. The Kier molecular flexibility index (Phi) is 5.65. The summed E-state index contributed by atoms with van der Waals surface area (Å²) in [7, 11) is 0. The van der Waals surface area contributed by atoms with E-state index >= 15 is 0 Å². The summed E-state index contributed by atoms with van der Waals surface area (Å²) in [6, 6.07) is 0. The molecule has 1 rings (SSSR count). The second-order valence-electron chi connectivity index (χ2n) is 4.26. The molecule has 0 unspecified atom stereocenters. The Morgan fingerprint density at radius 2 is 2.07 bits per heavy atom. The Balaban J connectivity index is 1.90. The summed E-state index contributed by atoms with van der Waals surface area (Å²) in [5.74, 6) is 0.888. The summed E-state index contributed by atoms with van der Waals surface area (Å²) in [5.41, 5.74) is 0. The summed E-state index contributed by atoms with van der Waals surface area (Å²) in [6.07, 6.45) is 9.36. The van der Waals surface area contributed by atoms with E-state index < -0.39 is 0 Å². The van der Waals surface area contributed by atoms with E-state index in [2.05, 4.69) is 0 Å². The van der Waals surface area contributed by atoms with Crippen molar-refractivity contribution in [3.05, 3.63) is 0 Å². The minimum atomic E-state index is -0.0288. The van der Waals surface area contributed by atoms with Gasteiger partial charge in [-0.25, -0.2) is 0 Å². The van der Waals surface area contributed by atoms with Gasteiger partial charge in [0, 0.05) is 6.42 Å². The molecule has 0 N–H and O–H groups in total. The smallest absolute Gasteiger partial charge is 0.305 e. The Bertz CT molecular complexity index is 160. The van der Waals surface area contributed by atoms with E-state index in [0.717, 1.165) is 18.8 Å². The van der Waals surface area contributed by atoms with Gasteiger partial charge < -0.3 is 4.74 Å². The van der Waals surface area contributed by atoms with Gasteiger partial charge in [-0.2, -0.15) is 0 Å². The molecule has 1 fully saturated rings. The normalized spacial score (nSPS) is 17.2. The largest absolute Gasteiger partial charge is 0.466 e. The van der Waals surface area contributed by atoms with E-state index in [1.165, 1.54) is 32.1 Å². The molecule has 0 aromatic heterocycles. The maximum absolute atomic E-state index is 11.0. The molecule has 0 heterocycles. The number of esters is 1. The van der Waals surface area contributed by atoms with Crippen molar-refractivity contribution in [2.75, 3.05) is 6.61 Å². The summed E-state index contributed by atoms with van der Waals surface area (Å²) in [5, 5.41) is 0. The molecule has 1 aliphatic rings. The predicted molar refractivity (Wildman–Crippen MR) is 57.1 cm³/mol. The van der Waals surface area contributed by atoms with Crippen LogP contribution in [0.3, 0.4) is 0 Å². The number of hydrogen-bond acceptors (Lipinski definition) is 2. The van der Waals surface area contributed by atoms with Crippen molar-refractivity contribution in [3.63, 3.8) is 0 Å². The Labute approximate surface area is 87.0 Å². The van der Waals surface area contributed by atoms with Crippen LogP contribution in [0, 0.1) is 5.92 Å². The molecule has 82 valence electrons. The van der Waals surface area contributed by atoms with Crippen molar-refractivity contribution < 1.29 is 9.53 Å². The van der Waals surface area contributed by atoms with E-state index in [-0.39, 0.29) is 5.97 Å². The summed E-state index contributed by atoms with van der Waals surface area (Å²) in [6.45, 7) is 2.63. The van der Waals surface area contributed by atoms with Crippen LogP contribution in [-0.4, -0.2) is 12.6 Å². The third-order valence-electron chi connectivity index (χ3n) is 2.95. The molecule has 14 heavy (non-hydrogen) atoms. The first-order valence-corrected chi connectivity index (χ1v) is 5.98. The van der Waals surface area contributed by atoms with Crippen LogP contribution in [0.4, 0.5) is 0 Å². The highest BCUT2D eigenvalue weighted by Crippen LogP contribution is 2.28. The lowest BCUT2D eigenvalue weighted by molar-refractivity contribution is -0.143. The van der Waals surface area contributed by atoms with Gasteiger partial charge in [-0.05, 0) is 25.2 Å². The minimum absolute atomic E-state index is 0.0288. The number of rotatable bonds is 6. The van der Waals surface area contributed by atoms with E-state index in [1.807, 2.05) is 6.92 Å². The van der Waals surface area contributed by atoms with Crippen LogP contribution < -0.4 is 0 Å². The standard InChI is InChI=1S/C12H22O2/c1-2-6-12(13)14-10-5-9-11-7-3-4-8-11/h11H,2-10H2,1H3. The van der Waals surface area contributed by atoms with Gasteiger partial charge in [0.25, 0.3) is 0 Å². The van der Waals surface area contributed by atoms with Crippen molar-refractivity contribution in [1.29, 1.82) is 0 Å². The third-order valence-corrected chi connectivity index (χ3v) is 2.95. The van der Waals surface area contributed by atoms with Crippen molar-refractivity contribution in [3.8, 4) is 0 Å². The van der Waals surface area contributed by atoms with Gasteiger partial charge in [-0.15, -0.1) is 0 Å². The maximum atomic E-state index is 11.0. The SMILES string of the molecule is CCCC(=O)OCCCC1CCCC1. The molecule has 0 saturated heterocycles. The van der Waals surface area contributed by atoms with Crippen LogP contribution in [0.5, 0.6) is 0 Å². The fourth-order valence-electron chi connectivity index (χ4n) is 2.13. The molecule has 1 saturated carbocycles. The fraction of sp³-hybridized carbons (Fsp3) is 0.917. The number of ether oxygens (including phenoxy) is 1. The first-order valence-electron chi connectivity index (χ1n) is 5.98. The zero-order valence-electron chi connectivity index (χ0n) is 9.26. The lowest BCUT2D eigenvalue weighted by Gasteiger charge is -2.08. The monoisotopic (exact) mass is 198 g/mol. The highest BCUT2D eigenvalue weighted by molar-refractivity contribution is 5.69. The van der Waals surface area contributed by atoms with E-state index in [1.54, 1.807) is 0 Å². The predicted octanol–water partition coefficient (Wildman–Crippen LogP) is 3.30. The molecule has 1 aliphatic carbocycles. The van der Waals surface area contributed by atoms with E-state index in [9.17, 15) is 4.79 Å². The average molecular weight is 198 g/mol. The van der Waals surface area contributed by atoms with Crippen molar-refractivity contribution in [1.82, 2.24) is 0 Å². The molecule has 0 aliphatic heterocycles. The zero-order valence-corrected chi connectivity index (χ0v) is 9.26. The highest BCUT2D eigenvalue weighted by atomic mass is 16.5. The summed E-state index contributed by atoms with van der Waals surface area (Å²) >= 11 is 0. The quantitative estimate of drug-likeness (QED) is 0.483. The van der Waals surface area contributed by atoms with Gasteiger partial charge in [-0.3, -0.25) is 4.79 Å². The van der Waals surface area contributed by atoms with Gasteiger partial charge >= 0.3 is 5.97 Å².